The predicted molar refractivity (Wildman–Crippen MR) is 131 cm³/mol. The fraction of sp³-hybridized carbons (Fsp3) is 0.852. The van der Waals surface area contributed by atoms with Gasteiger partial charge < -0.3 is 0 Å². The van der Waals surface area contributed by atoms with Gasteiger partial charge in [0.2, 0.25) is 0 Å². The summed E-state index contributed by atoms with van der Waals surface area (Å²) in [6.45, 7) is 7.43. The average molecular weight is 411 g/mol. The molecule has 0 saturated heterocycles. The average Bonchev–Trinajstić information content (AvgIpc) is 2.74. The number of hydrogen-bond acceptors (Lipinski definition) is 2. The number of rotatable bonds is 21. The third kappa shape index (κ3) is 35.2. The summed E-state index contributed by atoms with van der Waals surface area (Å²) in [4.78, 5) is 9.21. The summed E-state index contributed by atoms with van der Waals surface area (Å²) >= 11 is 0. The Morgan fingerprint density at radius 1 is 0.483 bits per heavy atom. The van der Waals surface area contributed by atoms with Crippen molar-refractivity contribution in [1.29, 1.82) is 0 Å². The highest BCUT2D eigenvalue weighted by Gasteiger charge is 1.90. The van der Waals surface area contributed by atoms with E-state index in [0.29, 0.717) is 0 Å². The first-order valence-electron chi connectivity index (χ1n) is 12.8. The van der Waals surface area contributed by atoms with Gasteiger partial charge in [-0.1, -0.05) is 116 Å². The summed E-state index contributed by atoms with van der Waals surface area (Å²) in [6.07, 6.45) is 33.3. The number of unbranched alkanes of at least 4 members (excludes halogenated alkanes) is 14. The van der Waals surface area contributed by atoms with Crippen LogP contribution in [-0.4, -0.2) is 13.7 Å². The normalized spacial score (nSPS) is 11.3. The summed E-state index contributed by atoms with van der Waals surface area (Å²) in [6, 6.07) is 0. The largest absolute Gasteiger partial charge is 0.240 e. The van der Waals surface area contributed by atoms with Crippen LogP contribution in [0.1, 0.15) is 136 Å². The maximum Gasteiger partial charge on any atom is 0.0822 e. The van der Waals surface area contributed by atoms with Crippen LogP contribution < -0.4 is 0 Å². The summed E-state index contributed by atoms with van der Waals surface area (Å²) in [7, 11) is 1.55. The van der Waals surface area contributed by atoms with Crippen LogP contribution in [0.5, 0.6) is 0 Å². The quantitative estimate of drug-likeness (QED) is 0.0811. The van der Waals surface area contributed by atoms with Gasteiger partial charge in [0.15, 0.2) is 0 Å². The van der Waals surface area contributed by atoms with Crippen LogP contribution in [0.4, 0.5) is 0 Å². The van der Waals surface area contributed by atoms with Gasteiger partial charge in [0.25, 0.3) is 0 Å². The van der Waals surface area contributed by atoms with Gasteiger partial charge in [-0.25, -0.2) is 9.78 Å². The van der Waals surface area contributed by atoms with E-state index >= 15 is 0 Å². The van der Waals surface area contributed by atoms with E-state index in [2.05, 4.69) is 50.0 Å². The first-order chi connectivity index (χ1) is 14.3. The van der Waals surface area contributed by atoms with Crippen LogP contribution in [0.25, 0.3) is 0 Å². The lowest BCUT2D eigenvalue weighted by molar-refractivity contribution is -0.272. The zero-order valence-electron chi connectivity index (χ0n) is 20.6. The topological polar surface area (TPSA) is 18.5 Å². The SMILES string of the molecule is CC/C=C/CCCCCCCC/C=C/CCCC.CCCCCCCCOOC. The molecule has 0 N–H and O–H groups in total. The second-order valence-corrected chi connectivity index (χ2v) is 7.95. The van der Waals surface area contributed by atoms with Crippen molar-refractivity contribution in [2.45, 2.75) is 136 Å². The molecule has 0 aliphatic heterocycles. The van der Waals surface area contributed by atoms with E-state index in [-0.39, 0.29) is 0 Å². The molecule has 0 bridgehead atoms. The molecule has 0 amide bonds. The van der Waals surface area contributed by atoms with Crippen LogP contribution in [0.3, 0.4) is 0 Å². The Morgan fingerprint density at radius 3 is 1.45 bits per heavy atom. The number of hydrogen-bond donors (Lipinski definition) is 0. The summed E-state index contributed by atoms with van der Waals surface area (Å²) in [5, 5.41) is 0. The predicted octanol–water partition coefficient (Wildman–Crippen LogP) is 9.74. The third-order valence-electron chi connectivity index (χ3n) is 4.98. The van der Waals surface area contributed by atoms with Gasteiger partial charge >= 0.3 is 0 Å². The molecule has 0 unspecified atom stereocenters. The minimum atomic E-state index is 0.739. The summed E-state index contributed by atoms with van der Waals surface area (Å²) in [5.41, 5.74) is 0. The van der Waals surface area contributed by atoms with Gasteiger partial charge in [-0.3, -0.25) is 0 Å². The van der Waals surface area contributed by atoms with Gasteiger partial charge in [-0.05, 0) is 44.9 Å². The van der Waals surface area contributed by atoms with Crippen molar-refractivity contribution >= 4 is 0 Å². The van der Waals surface area contributed by atoms with E-state index in [0.717, 1.165) is 13.0 Å². The Balaban J connectivity index is 0. The second-order valence-electron chi connectivity index (χ2n) is 7.95. The molecule has 0 aromatic heterocycles. The van der Waals surface area contributed by atoms with Crippen LogP contribution in [0, 0.1) is 0 Å². The zero-order valence-corrected chi connectivity index (χ0v) is 20.6. The Bertz CT molecular complexity index is 302. The standard InChI is InChI=1S/C18H34.C9H20O2/c1-3-5-7-9-11-13-15-17-18-16-14-12-10-8-6-4-2;1-3-4-5-6-7-8-9-11-10-2/h5,7,10,12H,3-4,6,8-9,11,13-18H2,1-2H3;3-9H2,1-2H3/b7-5+,12-10+;. The highest BCUT2D eigenvalue weighted by atomic mass is 17.2. The minimum absolute atomic E-state index is 0.739. The van der Waals surface area contributed by atoms with Gasteiger partial charge in [0.1, 0.15) is 0 Å². The molecule has 0 fully saturated rings. The summed E-state index contributed by atoms with van der Waals surface area (Å²) < 4.78 is 0. The molecule has 0 rings (SSSR count). The van der Waals surface area contributed by atoms with Gasteiger partial charge in [0.05, 0.1) is 13.7 Å². The van der Waals surface area contributed by atoms with E-state index in [1.54, 1.807) is 7.11 Å². The molecule has 0 aliphatic rings. The number of allylic oxidation sites excluding steroid dienone is 4. The monoisotopic (exact) mass is 410 g/mol. The third-order valence-corrected chi connectivity index (χ3v) is 4.98. The summed E-state index contributed by atoms with van der Waals surface area (Å²) in [5.74, 6) is 0. The van der Waals surface area contributed by atoms with Crippen molar-refractivity contribution in [2.24, 2.45) is 0 Å². The van der Waals surface area contributed by atoms with Gasteiger partial charge in [-0.15, -0.1) is 0 Å². The fourth-order valence-electron chi connectivity index (χ4n) is 3.10. The lowest BCUT2D eigenvalue weighted by Crippen LogP contribution is -1.92. The van der Waals surface area contributed by atoms with Crippen LogP contribution in [-0.2, 0) is 9.78 Å². The van der Waals surface area contributed by atoms with Crippen LogP contribution >= 0.6 is 0 Å². The van der Waals surface area contributed by atoms with Crippen molar-refractivity contribution in [3.63, 3.8) is 0 Å². The van der Waals surface area contributed by atoms with E-state index in [4.69, 9.17) is 4.89 Å². The molecule has 0 spiro atoms. The molecular formula is C27H54O2. The highest BCUT2D eigenvalue weighted by molar-refractivity contribution is 4.81. The molecule has 0 saturated carbocycles. The second kappa shape index (κ2) is 32.1. The van der Waals surface area contributed by atoms with E-state index < -0.39 is 0 Å². The van der Waals surface area contributed by atoms with Crippen molar-refractivity contribution in [1.82, 2.24) is 0 Å². The molecule has 0 atom stereocenters. The molecule has 0 aromatic rings. The van der Waals surface area contributed by atoms with Crippen molar-refractivity contribution in [3.05, 3.63) is 24.3 Å². The van der Waals surface area contributed by atoms with Crippen LogP contribution in [0.2, 0.25) is 0 Å². The molecule has 174 valence electrons. The zero-order chi connectivity index (χ0) is 21.7. The van der Waals surface area contributed by atoms with Crippen molar-refractivity contribution in [2.75, 3.05) is 13.7 Å². The fourth-order valence-corrected chi connectivity index (χ4v) is 3.10. The molecule has 29 heavy (non-hydrogen) atoms. The smallest absolute Gasteiger partial charge is 0.0822 e. The van der Waals surface area contributed by atoms with E-state index in [1.807, 2.05) is 0 Å². The van der Waals surface area contributed by atoms with Gasteiger partial charge in [-0.2, -0.15) is 0 Å². The molecule has 0 radical (unpaired) electrons. The van der Waals surface area contributed by atoms with E-state index in [9.17, 15) is 0 Å². The van der Waals surface area contributed by atoms with Crippen molar-refractivity contribution in [3.8, 4) is 0 Å². The molecule has 0 heterocycles. The lowest BCUT2D eigenvalue weighted by Gasteiger charge is -1.99. The Kier molecular flexibility index (Phi) is 33.8. The lowest BCUT2D eigenvalue weighted by atomic mass is 10.1. The molecule has 2 nitrogen and oxygen atoms in total. The minimum Gasteiger partial charge on any atom is -0.240 e. The Hall–Kier alpha value is -0.600. The maximum absolute atomic E-state index is 4.74. The molecule has 0 aromatic carbocycles. The first kappa shape index (κ1) is 30.6. The van der Waals surface area contributed by atoms with Crippen LogP contribution in [0.15, 0.2) is 24.3 Å². The van der Waals surface area contributed by atoms with Gasteiger partial charge in [0, 0.05) is 0 Å². The van der Waals surface area contributed by atoms with E-state index in [1.165, 1.54) is 109 Å². The molecule has 2 heteroatoms. The van der Waals surface area contributed by atoms with Crippen molar-refractivity contribution < 1.29 is 9.78 Å². The first-order valence-corrected chi connectivity index (χ1v) is 12.8. The maximum atomic E-state index is 4.74. The molecule has 0 aliphatic carbocycles. The highest BCUT2D eigenvalue weighted by Crippen LogP contribution is 2.09. The molecular weight excluding hydrogens is 356 g/mol. The Morgan fingerprint density at radius 2 is 0.931 bits per heavy atom. The Labute approximate surface area is 184 Å².